The van der Waals surface area contributed by atoms with Crippen LogP contribution >= 0.6 is 0 Å². The molecule has 3 heterocycles. The molecule has 5 rings (SSSR count). The fourth-order valence-electron chi connectivity index (χ4n) is 5.90. The smallest absolute Gasteiger partial charge is 0.254 e. The van der Waals surface area contributed by atoms with Crippen molar-refractivity contribution in [2.45, 2.75) is 52.5 Å². The number of amides is 2. The summed E-state index contributed by atoms with van der Waals surface area (Å²) in [7, 11) is 0. The second kappa shape index (κ2) is 9.77. The summed E-state index contributed by atoms with van der Waals surface area (Å²) in [5.74, 6) is 1.53. The maximum atomic E-state index is 14.0. The van der Waals surface area contributed by atoms with E-state index in [0.717, 1.165) is 39.9 Å². The predicted octanol–water partition coefficient (Wildman–Crippen LogP) is 5.04. The summed E-state index contributed by atoms with van der Waals surface area (Å²) in [6, 6.07) is 14.2. The van der Waals surface area contributed by atoms with E-state index in [1.165, 1.54) is 0 Å². The van der Waals surface area contributed by atoms with E-state index in [4.69, 9.17) is 9.47 Å². The Morgan fingerprint density at radius 2 is 1.86 bits per heavy atom. The van der Waals surface area contributed by atoms with Gasteiger partial charge in [-0.15, -0.1) is 0 Å². The number of aromatic nitrogens is 1. The standard InChI is InChI=1S/C30H37N3O4/c1-6-14-37-24-13-12-20(15-25(24)36-7-2)22-17-33-26(34)18-32(16-19(3)4)29(35)30(33,5)28-27(22)21-10-8-9-11-23(21)31-28/h8-13,15,19,22,31H,6-7,14,16-18H2,1-5H3/t22?,30-/m0/s1. The molecule has 1 aromatic heterocycles. The number of fused-ring (bicyclic) bond motifs is 5. The molecule has 1 N–H and O–H groups in total. The van der Waals surface area contributed by atoms with Crippen LogP contribution in [0.3, 0.4) is 0 Å². The molecule has 1 saturated heterocycles. The Bertz CT molecular complexity index is 1330. The van der Waals surface area contributed by atoms with Gasteiger partial charge in [-0.2, -0.15) is 0 Å². The minimum absolute atomic E-state index is 0.0228. The number of para-hydroxylation sites is 1. The largest absolute Gasteiger partial charge is 0.490 e. The molecule has 37 heavy (non-hydrogen) atoms. The van der Waals surface area contributed by atoms with E-state index in [1.807, 2.05) is 44.2 Å². The van der Waals surface area contributed by atoms with Gasteiger partial charge in [-0.25, -0.2) is 0 Å². The molecule has 2 aliphatic heterocycles. The maximum absolute atomic E-state index is 14.0. The molecule has 7 nitrogen and oxygen atoms in total. The first-order valence-electron chi connectivity index (χ1n) is 13.4. The zero-order valence-corrected chi connectivity index (χ0v) is 22.5. The monoisotopic (exact) mass is 503 g/mol. The second-order valence-electron chi connectivity index (χ2n) is 10.7. The van der Waals surface area contributed by atoms with Crippen LogP contribution in [-0.2, 0) is 15.1 Å². The number of ether oxygens (including phenoxy) is 2. The molecule has 2 atom stereocenters. The Balaban J connectivity index is 1.67. The molecule has 3 aromatic rings. The number of benzene rings is 2. The number of hydrogen-bond acceptors (Lipinski definition) is 4. The molecule has 0 spiro atoms. The number of carbonyl (C=O) groups is 2. The lowest BCUT2D eigenvalue weighted by Crippen LogP contribution is -2.67. The van der Waals surface area contributed by atoms with E-state index in [1.54, 1.807) is 9.80 Å². The molecule has 0 aliphatic carbocycles. The molecule has 2 aromatic carbocycles. The third-order valence-corrected chi connectivity index (χ3v) is 7.53. The molecule has 7 heteroatoms. The Hall–Kier alpha value is -3.48. The molecular formula is C30H37N3O4. The first-order valence-corrected chi connectivity index (χ1v) is 13.4. The van der Waals surface area contributed by atoms with Gasteiger partial charge in [0.1, 0.15) is 0 Å². The molecular weight excluding hydrogens is 466 g/mol. The summed E-state index contributed by atoms with van der Waals surface area (Å²) in [6.07, 6.45) is 0.909. The van der Waals surface area contributed by atoms with Gasteiger partial charge in [-0.3, -0.25) is 9.59 Å². The zero-order valence-electron chi connectivity index (χ0n) is 22.5. The van der Waals surface area contributed by atoms with Crippen molar-refractivity contribution in [3.05, 3.63) is 59.3 Å². The Morgan fingerprint density at radius 1 is 1.08 bits per heavy atom. The molecule has 196 valence electrons. The van der Waals surface area contributed by atoms with Crippen LogP contribution < -0.4 is 9.47 Å². The topological polar surface area (TPSA) is 74.9 Å². The number of H-pyrrole nitrogens is 1. The summed E-state index contributed by atoms with van der Waals surface area (Å²) in [4.78, 5) is 34.7. The third kappa shape index (κ3) is 4.14. The maximum Gasteiger partial charge on any atom is 0.254 e. The normalized spacial score (nSPS) is 21.4. The zero-order chi connectivity index (χ0) is 26.3. The quantitative estimate of drug-likeness (QED) is 0.467. The number of nitrogens with zero attached hydrogens (tertiary/aromatic N) is 2. The van der Waals surface area contributed by atoms with Crippen LogP contribution in [0.5, 0.6) is 11.5 Å². The predicted molar refractivity (Wildman–Crippen MR) is 144 cm³/mol. The molecule has 1 fully saturated rings. The summed E-state index contributed by atoms with van der Waals surface area (Å²) in [6.45, 7) is 12.3. The van der Waals surface area contributed by atoms with Crippen molar-refractivity contribution in [2.75, 3.05) is 32.8 Å². The molecule has 2 amide bonds. The third-order valence-electron chi connectivity index (χ3n) is 7.53. The fourth-order valence-corrected chi connectivity index (χ4v) is 5.90. The average molecular weight is 504 g/mol. The highest BCUT2D eigenvalue weighted by molar-refractivity contribution is 6.01. The van der Waals surface area contributed by atoms with E-state index in [9.17, 15) is 9.59 Å². The lowest BCUT2D eigenvalue weighted by Gasteiger charge is -2.51. The molecule has 1 unspecified atom stereocenters. The number of rotatable bonds is 8. The first kappa shape index (κ1) is 25.2. The van der Waals surface area contributed by atoms with Crippen LogP contribution in [0.15, 0.2) is 42.5 Å². The van der Waals surface area contributed by atoms with Crippen LogP contribution in [0.4, 0.5) is 0 Å². The highest BCUT2D eigenvalue weighted by Crippen LogP contribution is 2.49. The van der Waals surface area contributed by atoms with Gasteiger partial charge in [0.2, 0.25) is 5.91 Å². The van der Waals surface area contributed by atoms with Crippen molar-refractivity contribution < 1.29 is 19.1 Å². The van der Waals surface area contributed by atoms with Crippen molar-refractivity contribution in [3.63, 3.8) is 0 Å². The van der Waals surface area contributed by atoms with Gasteiger partial charge in [-0.05, 0) is 55.5 Å². The Kier molecular flexibility index (Phi) is 6.65. The van der Waals surface area contributed by atoms with Crippen LogP contribution in [-0.4, -0.2) is 59.4 Å². The summed E-state index contributed by atoms with van der Waals surface area (Å²) in [5, 5.41) is 1.08. The highest BCUT2D eigenvalue weighted by Gasteiger charge is 2.56. The van der Waals surface area contributed by atoms with Crippen LogP contribution in [0.2, 0.25) is 0 Å². The van der Waals surface area contributed by atoms with Crippen molar-refractivity contribution in [1.29, 1.82) is 0 Å². The molecule has 0 saturated carbocycles. The lowest BCUT2D eigenvalue weighted by atomic mass is 9.76. The summed E-state index contributed by atoms with van der Waals surface area (Å²) in [5.41, 5.74) is 2.80. The number of piperazine rings is 1. The minimum atomic E-state index is -1.08. The van der Waals surface area contributed by atoms with Crippen molar-refractivity contribution >= 4 is 22.7 Å². The Morgan fingerprint density at radius 3 is 2.59 bits per heavy atom. The van der Waals surface area contributed by atoms with E-state index in [-0.39, 0.29) is 30.2 Å². The van der Waals surface area contributed by atoms with Crippen molar-refractivity contribution in [1.82, 2.24) is 14.8 Å². The van der Waals surface area contributed by atoms with Gasteiger partial charge < -0.3 is 24.3 Å². The summed E-state index contributed by atoms with van der Waals surface area (Å²) >= 11 is 0. The average Bonchev–Trinajstić information content (AvgIpc) is 3.27. The highest BCUT2D eigenvalue weighted by atomic mass is 16.5. The van der Waals surface area contributed by atoms with E-state index >= 15 is 0 Å². The Labute approximate surface area is 218 Å². The van der Waals surface area contributed by atoms with Crippen molar-refractivity contribution in [3.8, 4) is 11.5 Å². The van der Waals surface area contributed by atoms with E-state index in [2.05, 4.69) is 37.9 Å². The minimum Gasteiger partial charge on any atom is -0.490 e. The first-order chi connectivity index (χ1) is 17.8. The molecule has 0 radical (unpaired) electrons. The van der Waals surface area contributed by atoms with E-state index < -0.39 is 5.54 Å². The van der Waals surface area contributed by atoms with Gasteiger partial charge in [0, 0.05) is 29.9 Å². The fraction of sp³-hybridized carbons (Fsp3) is 0.467. The second-order valence-corrected chi connectivity index (χ2v) is 10.7. The SMILES string of the molecule is CCCOc1ccc(C2CN3C(=O)CN(CC(C)C)C(=O)[C@]3(C)c3[nH]c4ccccc4c32)cc1OCC. The van der Waals surface area contributed by atoms with Gasteiger partial charge in [0.25, 0.3) is 5.91 Å². The number of carbonyl (C=O) groups excluding carboxylic acids is 2. The van der Waals surface area contributed by atoms with Gasteiger partial charge in [0.15, 0.2) is 17.0 Å². The van der Waals surface area contributed by atoms with Gasteiger partial charge in [-0.1, -0.05) is 45.0 Å². The van der Waals surface area contributed by atoms with E-state index in [0.29, 0.717) is 32.1 Å². The van der Waals surface area contributed by atoms with Crippen LogP contribution in [0.1, 0.15) is 63.8 Å². The van der Waals surface area contributed by atoms with Gasteiger partial charge in [0.05, 0.1) is 25.5 Å². The number of aromatic amines is 1. The lowest BCUT2D eigenvalue weighted by molar-refractivity contribution is -0.166. The van der Waals surface area contributed by atoms with Crippen LogP contribution in [0, 0.1) is 5.92 Å². The summed E-state index contributed by atoms with van der Waals surface area (Å²) < 4.78 is 11.9. The number of nitrogens with one attached hydrogen (secondary N) is 1. The van der Waals surface area contributed by atoms with Crippen LogP contribution in [0.25, 0.3) is 10.9 Å². The molecule has 0 bridgehead atoms. The van der Waals surface area contributed by atoms with Crippen molar-refractivity contribution in [2.24, 2.45) is 5.92 Å². The number of hydrogen-bond donors (Lipinski definition) is 1. The molecule has 2 aliphatic rings. The van der Waals surface area contributed by atoms with Gasteiger partial charge >= 0.3 is 0 Å².